The van der Waals surface area contributed by atoms with Crippen molar-refractivity contribution in [3.8, 4) is 23.0 Å². The van der Waals surface area contributed by atoms with E-state index in [9.17, 15) is 9.59 Å². The van der Waals surface area contributed by atoms with Crippen LogP contribution in [0, 0.1) is 0 Å². The zero-order valence-electron chi connectivity index (χ0n) is 26.0. The number of carboxylic acid groups (broad SMARTS) is 2. The fourth-order valence-corrected chi connectivity index (χ4v) is 4.63. The van der Waals surface area contributed by atoms with Crippen molar-refractivity contribution < 1.29 is 40.2 Å². The number of carboxylic acids is 2. The molecule has 0 aliphatic carbocycles. The summed E-state index contributed by atoms with van der Waals surface area (Å²) in [6, 6.07) is 39.2. The third-order valence-electron chi connectivity index (χ3n) is 6.96. The third-order valence-corrected chi connectivity index (χ3v) is 6.96. The summed E-state index contributed by atoms with van der Waals surface area (Å²) in [5.74, 6) is -4.42. The average Bonchev–Trinajstić information content (AvgIpc) is 3.10. The van der Waals surface area contributed by atoms with Crippen molar-refractivity contribution in [3.63, 3.8) is 0 Å². The lowest BCUT2D eigenvalue weighted by Crippen LogP contribution is -1.96. The first-order chi connectivity index (χ1) is 24.1. The zero-order chi connectivity index (χ0) is 35.6. The lowest BCUT2D eigenvalue weighted by atomic mass is 10.2. The van der Waals surface area contributed by atoms with Crippen molar-refractivity contribution in [2.75, 3.05) is 0 Å². The van der Waals surface area contributed by atoms with Crippen molar-refractivity contribution >= 4 is 56.1 Å². The van der Waals surface area contributed by atoms with Gasteiger partial charge in [0.2, 0.25) is 0 Å². The summed E-state index contributed by atoms with van der Waals surface area (Å²) in [5, 5.41) is 52.5. The molecule has 0 spiro atoms. The van der Waals surface area contributed by atoms with E-state index in [4.69, 9.17) is 30.6 Å². The first kappa shape index (κ1) is 34.0. The van der Waals surface area contributed by atoms with Crippen molar-refractivity contribution in [1.29, 1.82) is 0 Å². The number of aromatic hydroxyl groups is 4. The van der Waals surface area contributed by atoms with Gasteiger partial charge in [0, 0.05) is 0 Å². The molecule has 2 aromatic heterocycles. The summed E-state index contributed by atoms with van der Waals surface area (Å²) in [4.78, 5) is 38.7. The molecule has 0 radical (unpaired) electrons. The van der Waals surface area contributed by atoms with Gasteiger partial charge < -0.3 is 30.6 Å². The largest absolute Gasteiger partial charge is 0.507 e. The Hall–Kier alpha value is -7.34. The van der Waals surface area contributed by atoms with Crippen LogP contribution < -0.4 is 0 Å². The number of aromatic carboxylic acids is 2. The van der Waals surface area contributed by atoms with Crippen LogP contribution in [-0.4, -0.2) is 62.5 Å². The Labute approximate surface area is 283 Å². The number of benzene rings is 6. The van der Waals surface area contributed by atoms with Crippen LogP contribution in [0.5, 0.6) is 23.0 Å². The van der Waals surface area contributed by atoms with E-state index in [0.717, 1.165) is 44.1 Å². The van der Waals surface area contributed by atoms with Crippen LogP contribution in [0.15, 0.2) is 133 Å². The minimum absolute atomic E-state index is 0.433. The van der Waals surface area contributed by atoms with Gasteiger partial charge in [-0.15, -0.1) is 0 Å². The van der Waals surface area contributed by atoms with Crippen LogP contribution >= 0.6 is 0 Å². The molecule has 0 saturated heterocycles. The molecular weight excluding hydrogens is 640 g/mol. The van der Waals surface area contributed by atoms with E-state index in [1.807, 2.05) is 97.1 Å². The smallest absolute Gasteiger partial charge is 0.343 e. The van der Waals surface area contributed by atoms with Crippen LogP contribution in [0.2, 0.25) is 0 Å². The Kier molecular flexibility index (Phi) is 10.5. The monoisotopic (exact) mass is 668 g/mol. The summed E-state index contributed by atoms with van der Waals surface area (Å²) in [7, 11) is 0. The summed E-state index contributed by atoms with van der Waals surface area (Å²) < 4.78 is 0. The van der Waals surface area contributed by atoms with E-state index in [0.29, 0.717) is 0 Å². The number of phenols is 4. The summed E-state index contributed by atoms with van der Waals surface area (Å²) in [6.07, 6.45) is 0. The number of aromatic nitrogens is 4. The first-order valence-electron chi connectivity index (χ1n) is 14.8. The summed E-state index contributed by atoms with van der Waals surface area (Å²) in [5.41, 5.74) is 6.67. The van der Waals surface area contributed by atoms with Crippen LogP contribution in [0.1, 0.15) is 20.7 Å². The fraction of sp³-hybridized carbons (Fsp3) is 0. The van der Waals surface area contributed by atoms with Gasteiger partial charge in [-0.05, 0) is 72.8 Å². The van der Waals surface area contributed by atoms with Crippen molar-refractivity contribution in [2.24, 2.45) is 0 Å². The number of fused-ring (bicyclic) bond motifs is 4. The molecule has 2 heterocycles. The minimum atomic E-state index is -1.35. The topological polar surface area (TPSA) is 207 Å². The molecule has 8 rings (SSSR count). The Bertz CT molecular complexity index is 2050. The second-order valence-corrected chi connectivity index (χ2v) is 10.4. The molecule has 0 fully saturated rings. The van der Waals surface area contributed by atoms with Gasteiger partial charge in [-0.3, -0.25) is 0 Å². The SMILES string of the molecule is O=C(O)c1c(O)cccc1O.O=C(O)c1c(O)cccc1O.c1ccc2nc3ccccc3nc2c1.c1ccc2nc3ccccc3nc2c1. The second-order valence-electron chi connectivity index (χ2n) is 10.4. The van der Waals surface area contributed by atoms with Crippen molar-refractivity contribution in [2.45, 2.75) is 0 Å². The van der Waals surface area contributed by atoms with Gasteiger partial charge in [0.25, 0.3) is 0 Å². The molecule has 248 valence electrons. The molecule has 0 saturated carbocycles. The first-order valence-corrected chi connectivity index (χ1v) is 14.8. The van der Waals surface area contributed by atoms with Gasteiger partial charge >= 0.3 is 11.9 Å². The van der Waals surface area contributed by atoms with Crippen LogP contribution in [0.25, 0.3) is 44.1 Å². The highest BCUT2D eigenvalue weighted by Gasteiger charge is 2.14. The third kappa shape index (κ3) is 8.14. The Morgan fingerprint density at radius 3 is 0.640 bits per heavy atom. The summed E-state index contributed by atoms with van der Waals surface area (Å²) >= 11 is 0. The van der Waals surface area contributed by atoms with Gasteiger partial charge in [-0.25, -0.2) is 29.5 Å². The van der Waals surface area contributed by atoms with Crippen LogP contribution in [0.4, 0.5) is 0 Å². The molecule has 0 unspecified atom stereocenters. The minimum Gasteiger partial charge on any atom is -0.507 e. The van der Waals surface area contributed by atoms with Gasteiger partial charge in [0.05, 0.1) is 44.1 Å². The Morgan fingerprint density at radius 2 is 0.500 bits per heavy atom. The molecular formula is C38H28N4O8. The molecule has 6 aromatic carbocycles. The summed E-state index contributed by atoms with van der Waals surface area (Å²) in [6.45, 7) is 0. The van der Waals surface area contributed by atoms with E-state index in [2.05, 4.69) is 19.9 Å². The quantitative estimate of drug-likeness (QED) is 0.101. The van der Waals surface area contributed by atoms with Crippen molar-refractivity contribution in [3.05, 3.63) is 145 Å². The number of hydrogen-bond donors (Lipinski definition) is 6. The van der Waals surface area contributed by atoms with E-state index < -0.39 is 46.1 Å². The molecule has 6 N–H and O–H groups in total. The van der Waals surface area contributed by atoms with Gasteiger partial charge in [0.1, 0.15) is 34.1 Å². The predicted octanol–water partition coefficient (Wildman–Crippen LogP) is 7.16. The van der Waals surface area contributed by atoms with Gasteiger partial charge in [-0.1, -0.05) is 60.7 Å². The molecule has 8 aromatic rings. The van der Waals surface area contributed by atoms with Crippen molar-refractivity contribution in [1.82, 2.24) is 19.9 Å². The van der Waals surface area contributed by atoms with Crippen LogP contribution in [-0.2, 0) is 0 Å². The molecule has 12 nitrogen and oxygen atoms in total. The van der Waals surface area contributed by atoms with E-state index >= 15 is 0 Å². The molecule has 0 bridgehead atoms. The second kappa shape index (κ2) is 15.5. The average molecular weight is 669 g/mol. The van der Waals surface area contributed by atoms with E-state index in [1.165, 1.54) is 36.4 Å². The predicted molar refractivity (Wildman–Crippen MR) is 188 cm³/mol. The molecule has 50 heavy (non-hydrogen) atoms. The normalized spacial score (nSPS) is 10.2. The van der Waals surface area contributed by atoms with E-state index in [1.54, 1.807) is 0 Å². The number of para-hydroxylation sites is 8. The maximum Gasteiger partial charge on any atom is 0.343 e. The zero-order valence-corrected chi connectivity index (χ0v) is 26.0. The highest BCUT2D eigenvalue weighted by molar-refractivity contribution is 5.94. The fourth-order valence-electron chi connectivity index (χ4n) is 4.63. The molecule has 12 heteroatoms. The van der Waals surface area contributed by atoms with E-state index in [-0.39, 0.29) is 0 Å². The number of nitrogens with zero attached hydrogens (tertiary/aromatic N) is 4. The maximum atomic E-state index is 10.3. The molecule has 0 aliphatic heterocycles. The lowest BCUT2D eigenvalue weighted by Gasteiger charge is -1.99. The van der Waals surface area contributed by atoms with Gasteiger partial charge in [-0.2, -0.15) is 0 Å². The van der Waals surface area contributed by atoms with Gasteiger partial charge in [0.15, 0.2) is 0 Å². The molecule has 0 aliphatic rings. The highest BCUT2D eigenvalue weighted by atomic mass is 16.4. The Morgan fingerprint density at radius 1 is 0.320 bits per heavy atom. The molecule has 0 amide bonds. The highest BCUT2D eigenvalue weighted by Crippen LogP contribution is 2.26. The number of rotatable bonds is 2. The van der Waals surface area contributed by atoms with Crippen LogP contribution in [0.3, 0.4) is 0 Å². The maximum absolute atomic E-state index is 10.3. The Balaban J connectivity index is 0.000000131. The lowest BCUT2D eigenvalue weighted by molar-refractivity contribution is 0.0678. The number of hydrogen-bond acceptors (Lipinski definition) is 10. The molecule has 0 atom stereocenters. The number of carbonyl (C=O) groups is 2. The standard InChI is InChI=1S/2C12H8N2.2C7H6O4/c2*1-2-6-10-9(5-1)13-11-7-3-4-8-12(11)14-10;2*8-4-2-1-3-5(9)6(4)7(10)11/h2*1-8H;2*1-3,8-9H,(H,10,11).